The Balaban J connectivity index is 1.49. The summed E-state index contributed by atoms with van der Waals surface area (Å²) in [4.78, 5) is 7.39. The molecule has 5 aliphatic carbocycles. The molecule has 2 saturated carbocycles. The van der Waals surface area contributed by atoms with Crippen molar-refractivity contribution in [1.29, 1.82) is 0 Å². The van der Waals surface area contributed by atoms with Crippen LogP contribution < -0.4 is 9.47 Å². The van der Waals surface area contributed by atoms with Crippen molar-refractivity contribution < 1.29 is 14.2 Å². The topological polar surface area (TPSA) is 43.3 Å². The van der Waals surface area contributed by atoms with E-state index in [4.69, 9.17) is 26.4 Å². The summed E-state index contributed by atoms with van der Waals surface area (Å²) in [7, 11) is 3.59. The van der Waals surface area contributed by atoms with E-state index in [0.29, 0.717) is 6.04 Å². The maximum atomic E-state index is 7.00. The van der Waals surface area contributed by atoms with Gasteiger partial charge in [0.1, 0.15) is 11.7 Å². The number of thiocarbonyl (C=S) groups is 1. The molecule has 33 heavy (non-hydrogen) atoms. The van der Waals surface area contributed by atoms with Crippen molar-refractivity contribution >= 4 is 17.4 Å². The third-order valence-electron chi connectivity index (χ3n) is 10.2. The first-order valence-corrected chi connectivity index (χ1v) is 12.9. The molecule has 0 aromatic heterocycles. The number of hydrogen-bond donors (Lipinski definition) is 0. The number of nitrogens with zero attached hydrogens (tertiary/aromatic N) is 2. The van der Waals surface area contributed by atoms with E-state index < -0.39 is 5.60 Å². The third kappa shape index (κ3) is 2.27. The minimum Gasteiger partial charge on any atom is -0.493 e. The zero-order valence-corrected chi connectivity index (χ0v) is 20.5. The maximum Gasteiger partial charge on any atom is 0.166 e. The van der Waals surface area contributed by atoms with Gasteiger partial charge in [0.15, 0.2) is 11.5 Å². The van der Waals surface area contributed by atoms with Gasteiger partial charge in [-0.05, 0) is 75.3 Å². The number of piperidine rings is 1. The predicted molar refractivity (Wildman–Crippen MR) is 129 cm³/mol. The van der Waals surface area contributed by atoms with E-state index in [2.05, 4.69) is 46.3 Å². The van der Waals surface area contributed by atoms with E-state index in [1.807, 2.05) is 7.11 Å². The van der Waals surface area contributed by atoms with Crippen molar-refractivity contribution in [1.82, 2.24) is 4.90 Å². The molecule has 7 atom stereocenters. The van der Waals surface area contributed by atoms with Crippen LogP contribution in [0.2, 0.25) is 0 Å². The van der Waals surface area contributed by atoms with Crippen LogP contribution in [0.1, 0.15) is 43.7 Å². The average molecular weight is 465 g/mol. The Kier molecular flexibility index (Phi) is 4.19. The zero-order valence-electron chi connectivity index (χ0n) is 19.7. The molecule has 0 radical (unpaired) electrons. The van der Waals surface area contributed by atoms with Crippen LogP contribution in [0.25, 0.3) is 0 Å². The molecule has 5 nitrogen and oxygen atoms in total. The fraction of sp³-hybridized carbons (Fsp3) is 0.667. The van der Waals surface area contributed by atoms with Crippen molar-refractivity contribution in [3.05, 3.63) is 35.4 Å². The highest BCUT2D eigenvalue weighted by molar-refractivity contribution is 7.78. The van der Waals surface area contributed by atoms with E-state index in [0.717, 1.165) is 43.2 Å². The molecule has 2 spiro atoms. The summed E-state index contributed by atoms with van der Waals surface area (Å²) in [6.45, 7) is 4.52. The quantitative estimate of drug-likeness (QED) is 0.359. The Morgan fingerprint density at radius 2 is 2.15 bits per heavy atom. The normalized spacial score (nSPS) is 42.3. The molecular formula is C27H32N2O3S. The summed E-state index contributed by atoms with van der Waals surface area (Å²) in [6.07, 6.45) is 10.8. The van der Waals surface area contributed by atoms with Gasteiger partial charge in [0.2, 0.25) is 0 Å². The van der Waals surface area contributed by atoms with E-state index >= 15 is 0 Å². The Labute approximate surface area is 201 Å². The molecule has 1 aromatic carbocycles. The largest absolute Gasteiger partial charge is 0.493 e. The van der Waals surface area contributed by atoms with Gasteiger partial charge in [-0.25, -0.2) is 4.99 Å². The van der Waals surface area contributed by atoms with Crippen molar-refractivity contribution in [3.63, 3.8) is 0 Å². The maximum absolute atomic E-state index is 7.00. The lowest BCUT2D eigenvalue weighted by Gasteiger charge is -2.71. The number of aliphatic imine (C=N–C) groups is 1. The summed E-state index contributed by atoms with van der Waals surface area (Å²) in [5.74, 6) is 2.86. The number of likely N-dealkylation sites (tertiary alicyclic amines) is 1. The summed E-state index contributed by atoms with van der Waals surface area (Å²) in [5.41, 5.74) is 2.23. The first-order valence-electron chi connectivity index (χ1n) is 12.5. The summed E-state index contributed by atoms with van der Waals surface area (Å²) in [5, 5.41) is 2.65. The van der Waals surface area contributed by atoms with Crippen LogP contribution in [0.5, 0.6) is 11.5 Å². The first kappa shape index (κ1) is 20.6. The Morgan fingerprint density at radius 3 is 2.88 bits per heavy atom. The van der Waals surface area contributed by atoms with Gasteiger partial charge in [0, 0.05) is 36.6 Å². The van der Waals surface area contributed by atoms with Crippen molar-refractivity contribution in [2.24, 2.45) is 22.2 Å². The Hall–Kier alpha value is -1.72. The average Bonchev–Trinajstić information content (AvgIpc) is 3.57. The Morgan fingerprint density at radius 1 is 1.30 bits per heavy atom. The van der Waals surface area contributed by atoms with Crippen LogP contribution >= 0.6 is 12.2 Å². The highest BCUT2D eigenvalue weighted by Crippen LogP contribution is 2.75. The molecule has 2 aliphatic heterocycles. The molecule has 3 fully saturated rings. The van der Waals surface area contributed by atoms with Gasteiger partial charge in [-0.3, -0.25) is 4.90 Å². The van der Waals surface area contributed by atoms with Crippen LogP contribution in [0.3, 0.4) is 0 Å². The number of methoxy groups -OCH3 is 2. The van der Waals surface area contributed by atoms with Gasteiger partial charge in [-0.15, -0.1) is 0 Å². The molecule has 0 amide bonds. The van der Waals surface area contributed by atoms with Crippen LogP contribution in [-0.4, -0.2) is 61.2 Å². The second kappa shape index (κ2) is 6.69. The first-order chi connectivity index (χ1) is 16.0. The fourth-order valence-corrected chi connectivity index (χ4v) is 8.87. The lowest BCUT2D eigenvalue weighted by molar-refractivity contribution is -0.218. The number of ether oxygens (including phenoxy) is 3. The number of fused-ring (bicyclic) bond motifs is 1. The fourth-order valence-electron chi connectivity index (χ4n) is 8.70. The smallest absolute Gasteiger partial charge is 0.166 e. The van der Waals surface area contributed by atoms with Gasteiger partial charge < -0.3 is 14.2 Å². The molecule has 4 bridgehead atoms. The van der Waals surface area contributed by atoms with E-state index in [9.17, 15) is 0 Å². The lowest BCUT2D eigenvalue weighted by atomic mass is 9.36. The standard InChI is InChI=1S/C27H32N2O3S/c1-16(28-15-33)19-13-25-8-9-27(19,31-3)24-26(25)10-11-29(14-17-4-5-17)21(25)12-18-6-7-20(30-2)23(32-24)22(18)26/h6-9,16-17,19,21,24H,4-5,10-14H2,1-3H3/t16?,19?,21?,24-,25-,26?,27-/m1/s1. The van der Waals surface area contributed by atoms with Gasteiger partial charge in [0.05, 0.1) is 23.7 Å². The molecular weight excluding hydrogens is 432 g/mol. The second-order valence-electron chi connectivity index (χ2n) is 11.2. The number of benzene rings is 1. The summed E-state index contributed by atoms with van der Waals surface area (Å²) < 4.78 is 19.3. The second-order valence-corrected chi connectivity index (χ2v) is 11.4. The third-order valence-corrected chi connectivity index (χ3v) is 10.3. The minimum absolute atomic E-state index is 0.00556. The molecule has 174 valence electrons. The van der Waals surface area contributed by atoms with E-state index in [1.165, 1.54) is 30.5 Å². The van der Waals surface area contributed by atoms with Crippen LogP contribution in [-0.2, 0) is 16.6 Å². The molecule has 8 rings (SSSR count). The molecule has 0 N–H and O–H groups in total. The van der Waals surface area contributed by atoms with Gasteiger partial charge in [-0.2, -0.15) is 0 Å². The molecule has 4 unspecified atom stereocenters. The van der Waals surface area contributed by atoms with Crippen molar-refractivity contribution in [3.8, 4) is 11.5 Å². The van der Waals surface area contributed by atoms with E-state index in [-0.39, 0.29) is 28.9 Å². The van der Waals surface area contributed by atoms with Crippen LogP contribution in [0.4, 0.5) is 0 Å². The van der Waals surface area contributed by atoms with Crippen LogP contribution in [0, 0.1) is 17.3 Å². The molecule has 6 heteroatoms. The summed E-state index contributed by atoms with van der Waals surface area (Å²) in [6, 6.07) is 4.90. The van der Waals surface area contributed by atoms with Crippen molar-refractivity contribution in [2.75, 3.05) is 27.3 Å². The monoisotopic (exact) mass is 464 g/mol. The number of isothiocyanates is 1. The highest BCUT2D eigenvalue weighted by atomic mass is 32.1. The summed E-state index contributed by atoms with van der Waals surface area (Å²) >= 11 is 5.03. The predicted octanol–water partition coefficient (Wildman–Crippen LogP) is 4.19. The molecule has 1 aromatic rings. The lowest BCUT2D eigenvalue weighted by Crippen LogP contribution is -2.80. The van der Waals surface area contributed by atoms with E-state index in [1.54, 1.807) is 7.11 Å². The van der Waals surface area contributed by atoms with Gasteiger partial charge in [0.25, 0.3) is 0 Å². The minimum atomic E-state index is -0.543. The Bertz CT molecular complexity index is 1110. The van der Waals surface area contributed by atoms with Crippen LogP contribution in [0.15, 0.2) is 29.3 Å². The highest BCUT2D eigenvalue weighted by Gasteiger charge is 2.79. The number of hydrogen-bond acceptors (Lipinski definition) is 6. The van der Waals surface area contributed by atoms with Gasteiger partial charge >= 0.3 is 0 Å². The molecule has 1 saturated heterocycles. The zero-order chi connectivity index (χ0) is 22.6. The van der Waals surface area contributed by atoms with Crippen molar-refractivity contribution in [2.45, 2.75) is 68.2 Å². The molecule has 2 heterocycles. The molecule has 7 aliphatic rings. The number of rotatable bonds is 6. The van der Waals surface area contributed by atoms with Gasteiger partial charge in [-0.1, -0.05) is 18.2 Å². The SMILES string of the molecule is COc1ccc2c3c1O[C@@H]1C34CCN(CC3CC3)C(C2)[C@]42C=C[C@@]1(OC)C(C(C)N=C=S)C2.